The first-order chi connectivity index (χ1) is 3.83. The summed E-state index contributed by atoms with van der Waals surface area (Å²) in [6, 6.07) is 2.02. The van der Waals surface area contributed by atoms with Crippen LogP contribution >= 0.6 is 0 Å². The van der Waals surface area contributed by atoms with Gasteiger partial charge in [-0.25, -0.2) is 0 Å². The predicted molar refractivity (Wildman–Crippen MR) is 28.5 cm³/mol. The molecule has 0 aromatic carbocycles. The molecule has 1 aliphatic rings. The Labute approximate surface area is 48.2 Å². The topological polar surface area (TPSA) is 41.1 Å². The zero-order chi connectivity index (χ0) is 5.98. The van der Waals surface area contributed by atoms with Crippen molar-refractivity contribution in [3.8, 4) is 6.07 Å². The van der Waals surface area contributed by atoms with Crippen LogP contribution in [0.4, 0.5) is 0 Å². The Bertz CT molecular complexity index is 154. The van der Waals surface area contributed by atoms with E-state index in [2.05, 4.69) is 5.43 Å². The van der Waals surface area contributed by atoms with Crippen LogP contribution in [-0.2, 0) is 0 Å². The summed E-state index contributed by atoms with van der Waals surface area (Å²) in [5, 5.41) is 9.93. The predicted octanol–water partition coefficient (Wildman–Crippen LogP) is -0.141. The van der Waals surface area contributed by atoms with Crippen molar-refractivity contribution in [2.75, 3.05) is 13.6 Å². The van der Waals surface area contributed by atoms with Crippen LogP contribution in [0, 0.1) is 11.3 Å². The van der Waals surface area contributed by atoms with Gasteiger partial charge in [0.1, 0.15) is 0 Å². The van der Waals surface area contributed by atoms with Crippen LogP contribution in [0.3, 0.4) is 0 Å². The van der Waals surface area contributed by atoms with E-state index in [0.29, 0.717) is 6.54 Å². The fourth-order valence-electron chi connectivity index (χ4n) is 0.559. The molecule has 0 fully saturated rings. The summed E-state index contributed by atoms with van der Waals surface area (Å²) >= 11 is 0. The van der Waals surface area contributed by atoms with E-state index in [0.717, 1.165) is 5.57 Å². The van der Waals surface area contributed by atoms with Crippen molar-refractivity contribution >= 4 is 0 Å². The molecule has 1 rings (SSSR count). The lowest BCUT2D eigenvalue weighted by atomic mass is 10.3. The van der Waals surface area contributed by atoms with Gasteiger partial charge in [-0.2, -0.15) is 5.26 Å². The highest BCUT2D eigenvalue weighted by Gasteiger charge is 2.06. The minimum absolute atomic E-state index is 0.549. The molecule has 41 valence electrons. The number of nitriles is 1. The lowest BCUT2D eigenvalue weighted by Crippen LogP contribution is -2.15. The lowest BCUT2D eigenvalue weighted by Gasteiger charge is -2.00. The molecule has 0 N–H and O–H groups in total. The fourth-order valence-corrected chi connectivity index (χ4v) is 0.559. The van der Waals surface area contributed by atoms with Crippen molar-refractivity contribution in [3.63, 3.8) is 0 Å². The number of hydrogen-bond acceptors (Lipinski definition) is 2. The molecule has 3 heteroatoms. The van der Waals surface area contributed by atoms with Crippen LogP contribution < -0.4 is 5.43 Å². The first kappa shape index (κ1) is 5.13. The summed E-state index contributed by atoms with van der Waals surface area (Å²) < 4.78 is 0. The molecule has 8 heavy (non-hydrogen) atoms. The second-order valence-electron chi connectivity index (χ2n) is 1.64. The van der Waals surface area contributed by atoms with Gasteiger partial charge in [-0.3, -0.25) is 5.01 Å². The van der Waals surface area contributed by atoms with Crippen molar-refractivity contribution < 1.29 is 0 Å². The molecule has 0 aliphatic carbocycles. The Morgan fingerprint density at radius 1 is 2.00 bits per heavy atom. The van der Waals surface area contributed by atoms with Crippen molar-refractivity contribution in [1.29, 1.82) is 5.26 Å². The van der Waals surface area contributed by atoms with Gasteiger partial charge in [0.25, 0.3) is 0 Å². The maximum Gasteiger partial charge on any atom is 0.0978 e. The van der Waals surface area contributed by atoms with Crippen molar-refractivity contribution in [1.82, 2.24) is 10.4 Å². The average molecular weight is 108 g/mol. The quantitative estimate of drug-likeness (QED) is 0.433. The third-order valence-corrected chi connectivity index (χ3v) is 0.950. The van der Waals surface area contributed by atoms with Crippen LogP contribution in [0.2, 0.25) is 0 Å². The first-order valence-corrected chi connectivity index (χ1v) is 2.34. The molecular weight excluding hydrogens is 102 g/mol. The van der Waals surface area contributed by atoms with Gasteiger partial charge in [-0.15, -0.1) is 5.43 Å². The van der Waals surface area contributed by atoms with Gasteiger partial charge < -0.3 is 0 Å². The summed E-state index contributed by atoms with van der Waals surface area (Å²) in [5.41, 5.74) is 4.64. The lowest BCUT2D eigenvalue weighted by molar-refractivity contribution is 0.362. The van der Waals surface area contributed by atoms with Crippen molar-refractivity contribution in [2.45, 2.75) is 0 Å². The Morgan fingerprint density at radius 3 is 3.00 bits per heavy atom. The molecular formula is C5H6N3. The Hall–Kier alpha value is -1.01. The van der Waals surface area contributed by atoms with Gasteiger partial charge in [0, 0.05) is 13.2 Å². The first-order valence-electron chi connectivity index (χ1n) is 2.34. The van der Waals surface area contributed by atoms with E-state index in [9.17, 15) is 0 Å². The van der Waals surface area contributed by atoms with Crippen LogP contribution in [0.5, 0.6) is 0 Å². The summed E-state index contributed by atoms with van der Waals surface area (Å²) in [6.45, 7) is 0.549. The second-order valence-corrected chi connectivity index (χ2v) is 1.64. The monoisotopic (exact) mass is 108 g/mol. The summed E-state index contributed by atoms with van der Waals surface area (Å²) in [6.07, 6.45) is 1.72. The molecule has 0 bridgehead atoms. The number of hydrogen-bond donors (Lipinski definition) is 0. The van der Waals surface area contributed by atoms with Crippen LogP contribution in [-0.4, -0.2) is 18.6 Å². The minimum atomic E-state index is 0.549. The zero-order valence-corrected chi connectivity index (χ0v) is 4.63. The summed E-state index contributed by atoms with van der Waals surface area (Å²) in [4.78, 5) is 0. The molecule has 0 unspecified atom stereocenters. The second kappa shape index (κ2) is 1.85. The van der Waals surface area contributed by atoms with Crippen LogP contribution in [0.15, 0.2) is 11.8 Å². The van der Waals surface area contributed by atoms with E-state index in [1.165, 1.54) is 0 Å². The third-order valence-electron chi connectivity index (χ3n) is 0.950. The van der Waals surface area contributed by atoms with Crippen LogP contribution in [0.1, 0.15) is 0 Å². The van der Waals surface area contributed by atoms with Gasteiger partial charge in [0.05, 0.1) is 18.2 Å². The summed E-state index contributed by atoms with van der Waals surface area (Å²) in [7, 11) is 1.81. The third kappa shape index (κ3) is 0.796. The molecule has 0 spiro atoms. The van der Waals surface area contributed by atoms with Gasteiger partial charge in [-0.05, 0) is 0 Å². The van der Waals surface area contributed by atoms with Crippen LogP contribution in [0.25, 0.3) is 0 Å². The molecule has 0 atom stereocenters. The number of nitrogens with zero attached hydrogens (tertiary/aromatic N) is 3. The molecule has 1 heterocycles. The maximum absolute atomic E-state index is 8.28. The number of rotatable bonds is 0. The molecule has 0 aromatic rings. The van der Waals surface area contributed by atoms with Gasteiger partial charge in [-0.1, -0.05) is 0 Å². The largest absolute Gasteiger partial charge is 0.300 e. The van der Waals surface area contributed by atoms with E-state index in [4.69, 9.17) is 5.26 Å². The SMILES string of the molecule is CN1C=C(C#N)C[N]1. The molecule has 1 aliphatic heterocycles. The summed E-state index contributed by atoms with van der Waals surface area (Å²) in [5.74, 6) is 0. The van der Waals surface area contributed by atoms with E-state index >= 15 is 0 Å². The van der Waals surface area contributed by atoms with Gasteiger partial charge in [0.2, 0.25) is 0 Å². The van der Waals surface area contributed by atoms with Gasteiger partial charge >= 0.3 is 0 Å². The Morgan fingerprint density at radius 2 is 2.75 bits per heavy atom. The van der Waals surface area contributed by atoms with E-state index < -0.39 is 0 Å². The smallest absolute Gasteiger partial charge is 0.0978 e. The highest BCUT2D eigenvalue weighted by atomic mass is 15.5. The molecule has 0 saturated carbocycles. The Balaban J connectivity index is 2.61. The molecule has 1 radical (unpaired) electrons. The average Bonchev–Trinajstić information content (AvgIpc) is 2.14. The van der Waals surface area contributed by atoms with E-state index in [1.54, 1.807) is 11.2 Å². The van der Waals surface area contributed by atoms with Crippen molar-refractivity contribution in [3.05, 3.63) is 11.8 Å². The Kier molecular flexibility index (Phi) is 1.18. The molecule has 0 amide bonds. The van der Waals surface area contributed by atoms with E-state index in [1.807, 2.05) is 13.1 Å². The minimum Gasteiger partial charge on any atom is -0.300 e. The normalized spacial score (nSPS) is 18.0. The molecule has 0 aromatic heterocycles. The standard InChI is InChI=1S/C5H6N3/c1-8-4-5(2-6)3-7-8/h4H,3H2,1H3. The fraction of sp³-hybridized carbons (Fsp3) is 0.400. The highest BCUT2D eigenvalue weighted by molar-refractivity contribution is 5.23. The zero-order valence-electron chi connectivity index (χ0n) is 4.63. The molecule has 0 saturated heterocycles. The maximum atomic E-state index is 8.28. The van der Waals surface area contributed by atoms with Gasteiger partial charge in [0.15, 0.2) is 0 Å². The molecule has 3 nitrogen and oxygen atoms in total. The van der Waals surface area contributed by atoms with Crippen molar-refractivity contribution in [2.24, 2.45) is 0 Å². The van der Waals surface area contributed by atoms with E-state index in [-0.39, 0.29) is 0 Å². The highest BCUT2D eigenvalue weighted by Crippen LogP contribution is 2.00.